The average Bonchev–Trinajstić information content (AvgIpc) is 3.00. The van der Waals surface area contributed by atoms with Gasteiger partial charge in [0.05, 0.1) is 19.1 Å². The van der Waals surface area contributed by atoms with Crippen molar-refractivity contribution in [3.05, 3.63) is 12.5 Å². The van der Waals surface area contributed by atoms with Crippen LogP contribution in [0, 0.1) is 0 Å². The van der Waals surface area contributed by atoms with Crippen molar-refractivity contribution < 1.29 is 57.9 Å². The molecule has 13 heteroatoms. The smallest absolute Gasteiger partial charge is 0.756 e. The van der Waals surface area contributed by atoms with Crippen molar-refractivity contribution in [2.45, 2.75) is 24.5 Å². The first kappa shape index (κ1) is 17.2. The maximum Gasteiger partial charge on any atom is 1.00 e. The van der Waals surface area contributed by atoms with Gasteiger partial charge in [-0.2, -0.15) is 4.98 Å². The van der Waals surface area contributed by atoms with Gasteiger partial charge in [0.1, 0.15) is 23.8 Å². The summed E-state index contributed by atoms with van der Waals surface area (Å²) in [5.41, 5.74) is 6.38. The number of nitrogen functional groups attached to an aromatic ring is 1. The molecule has 4 rings (SSSR count). The fraction of sp³-hybridized carbons (Fsp3) is 0.500. The van der Waals surface area contributed by atoms with Crippen LogP contribution in [0.5, 0.6) is 0 Å². The predicted octanol–water partition coefficient (Wildman–Crippen LogP) is -4.45. The number of phosphoric ester groups is 1. The minimum atomic E-state index is -4.41. The molecule has 23 heavy (non-hydrogen) atoms. The first-order chi connectivity index (χ1) is 10.4. The van der Waals surface area contributed by atoms with Gasteiger partial charge in [-0.1, -0.05) is 0 Å². The molecule has 0 saturated carbocycles. The third-order valence-corrected chi connectivity index (χ3v) is 4.53. The first-order valence-corrected chi connectivity index (χ1v) is 7.83. The number of aliphatic hydroxyl groups excluding tert-OH is 1. The van der Waals surface area contributed by atoms with E-state index in [9.17, 15) is 14.6 Å². The summed E-state index contributed by atoms with van der Waals surface area (Å²) in [6.45, 7) is -0.219. The van der Waals surface area contributed by atoms with Crippen molar-refractivity contribution in [3.63, 3.8) is 0 Å². The summed E-state index contributed by atoms with van der Waals surface area (Å²) < 4.78 is 27.8. The molecule has 3 N–H and O–H groups in total. The summed E-state index contributed by atoms with van der Waals surface area (Å²) in [7, 11) is -4.41. The second-order valence-electron chi connectivity index (χ2n) is 4.96. The Bertz CT molecular complexity index is 788. The summed E-state index contributed by atoms with van der Waals surface area (Å²) >= 11 is 0. The first-order valence-electron chi connectivity index (χ1n) is 6.37. The van der Waals surface area contributed by atoms with Crippen molar-refractivity contribution in [2.75, 3.05) is 12.3 Å². The Hall–Kier alpha value is -0.620. The number of aliphatic hydroxyl groups is 1. The third-order valence-electron chi connectivity index (χ3n) is 3.57. The molecule has 0 amide bonds. The Labute approximate surface area is 151 Å². The van der Waals surface area contributed by atoms with Gasteiger partial charge in [-0.15, -0.1) is 0 Å². The van der Waals surface area contributed by atoms with E-state index in [0.29, 0.717) is 11.2 Å². The number of hydrogen-bond donors (Lipinski definition) is 2. The SMILES string of the molecule is Nc1ncc2ncn([C@@H]3O[C@@H]4COP(=O)([O-])O[C@H]4[C@H]3O)c2n1.[Na+]. The van der Waals surface area contributed by atoms with E-state index in [1.165, 1.54) is 17.1 Å². The minimum Gasteiger partial charge on any atom is -0.756 e. The van der Waals surface area contributed by atoms with Gasteiger partial charge >= 0.3 is 29.6 Å². The van der Waals surface area contributed by atoms with Crippen LogP contribution in [0.2, 0.25) is 0 Å². The van der Waals surface area contributed by atoms with E-state index >= 15 is 0 Å². The number of rotatable bonds is 1. The normalized spacial score (nSPS) is 36.6. The van der Waals surface area contributed by atoms with Crippen molar-refractivity contribution >= 4 is 24.9 Å². The Balaban J connectivity index is 0.00000156. The Morgan fingerprint density at radius 2 is 2.26 bits per heavy atom. The Morgan fingerprint density at radius 3 is 3.04 bits per heavy atom. The van der Waals surface area contributed by atoms with Crippen LogP contribution in [0.3, 0.4) is 0 Å². The van der Waals surface area contributed by atoms with Crippen molar-refractivity contribution in [3.8, 4) is 0 Å². The molecule has 0 aliphatic carbocycles. The second kappa shape index (κ2) is 6.03. The standard InChI is InChI=1S/C10H12N5O6P.Na/c11-10-12-1-4-8(14-10)15(3-13-4)9-6(16)7-5(20-9)2-19-22(17,18)21-7;/h1,3,5-7,9,16H,2H2,(H,17,18)(H2,11,12,14);/q;+1/p-1/t5-,6-,7-,9-;/m1./s1. The molecule has 2 saturated heterocycles. The summed E-state index contributed by atoms with van der Waals surface area (Å²) in [5, 5.41) is 10.3. The Morgan fingerprint density at radius 1 is 1.48 bits per heavy atom. The largest absolute Gasteiger partial charge is 1.00 e. The van der Waals surface area contributed by atoms with Crippen LogP contribution in [0.1, 0.15) is 6.23 Å². The van der Waals surface area contributed by atoms with Crippen molar-refractivity contribution in [1.82, 2.24) is 19.5 Å². The van der Waals surface area contributed by atoms with Crippen LogP contribution < -0.4 is 40.2 Å². The van der Waals surface area contributed by atoms with Gasteiger partial charge in [0.25, 0.3) is 7.82 Å². The second-order valence-corrected chi connectivity index (χ2v) is 6.32. The number of nitrogens with zero attached hydrogens (tertiary/aromatic N) is 4. The van der Waals surface area contributed by atoms with Gasteiger partial charge in [0, 0.05) is 0 Å². The molecule has 2 aromatic rings. The number of nitrogens with two attached hydrogens (primary N) is 1. The van der Waals surface area contributed by atoms with Crippen molar-refractivity contribution in [2.24, 2.45) is 0 Å². The van der Waals surface area contributed by atoms with Crippen LogP contribution in [-0.2, 0) is 18.3 Å². The van der Waals surface area contributed by atoms with Gasteiger partial charge in [0.15, 0.2) is 11.9 Å². The summed E-state index contributed by atoms with van der Waals surface area (Å²) in [5.74, 6) is 0.0443. The number of fused-ring (bicyclic) bond motifs is 2. The van der Waals surface area contributed by atoms with E-state index in [4.69, 9.17) is 15.0 Å². The van der Waals surface area contributed by atoms with Gasteiger partial charge in [0.2, 0.25) is 5.95 Å². The van der Waals surface area contributed by atoms with E-state index < -0.39 is 32.4 Å². The molecule has 2 aliphatic heterocycles. The molecule has 2 aliphatic rings. The zero-order chi connectivity index (χ0) is 15.5. The summed E-state index contributed by atoms with van der Waals surface area (Å²) in [4.78, 5) is 23.3. The number of imidazole rings is 1. The van der Waals surface area contributed by atoms with Crippen LogP contribution >= 0.6 is 7.82 Å². The third kappa shape index (κ3) is 2.93. The topological polar surface area (TPSA) is 158 Å². The zero-order valence-electron chi connectivity index (χ0n) is 12.0. The van der Waals surface area contributed by atoms with Crippen molar-refractivity contribution in [1.29, 1.82) is 0 Å². The maximum atomic E-state index is 11.3. The van der Waals surface area contributed by atoms with Crippen LogP contribution in [0.25, 0.3) is 11.2 Å². The number of anilines is 1. The summed E-state index contributed by atoms with van der Waals surface area (Å²) in [6.07, 6.45) is -1.07. The van der Waals surface area contributed by atoms with Gasteiger partial charge < -0.3 is 29.5 Å². The van der Waals surface area contributed by atoms with Crippen LogP contribution in [0.15, 0.2) is 12.5 Å². The van der Waals surface area contributed by atoms with Gasteiger partial charge in [-0.25, -0.2) is 9.97 Å². The molecule has 1 unspecified atom stereocenters. The summed E-state index contributed by atoms with van der Waals surface area (Å²) in [6, 6.07) is 0. The van der Waals surface area contributed by atoms with E-state index in [2.05, 4.69) is 19.5 Å². The molecular formula is C10H11N5NaO6P. The molecule has 0 bridgehead atoms. The molecule has 4 heterocycles. The zero-order valence-corrected chi connectivity index (χ0v) is 14.9. The molecule has 2 aromatic heterocycles. The van der Waals surface area contributed by atoms with E-state index in [-0.39, 0.29) is 42.1 Å². The average molecular weight is 351 g/mol. The predicted molar refractivity (Wildman–Crippen MR) is 68.1 cm³/mol. The molecule has 5 atom stereocenters. The number of aromatic nitrogens is 4. The number of ether oxygens (including phenoxy) is 1. The molecule has 2 fully saturated rings. The molecule has 0 aromatic carbocycles. The molecule has 11 nitrogen and oxygen atoms in total. The van der Waals surface area contributed by atoms with E-state index in [0.717, 1.165) is 0 Å². The fourth-order valence-corrected chi connectivity index (χ4v) is 3.53. The van der Waals surface area contributed by atoms with E-state index in [1.54, 1.807) is 0 Å². The molecule has 0 spiro atoms. The number of phosphoric acid groups is 1. The molecular weight excluding hydrogens is 340 g/mol. The van der Waals surface area contributed by atoms with Crippen LogP contribution in [-0.4, -0.2) is 49.5 Å². The molecule has 0 radical (unpaired) electrons. The van der Waals surface area contributed by atoms with Gasteiger partial charge in [-0.05, 0) is 0 Å². The Kier molecular flexibility index (Phi) is 4.51. The minimum absolute atomic E-state index is 0. The van der Waals surface area contributed by atoms with Crippen LogP contribution in [0.4, 0.5) is 5.95 Å². The van der Waals surface area contributed by atoms with Gasteiger partial charge in [-0.3, -0.25) is 9.13 Å². The van der Waals surface area contributed by atoms with E-state index in [1.807, 2.05) is 0 Å². The number of hydrogen-bond acceptors (Lipinski definition) is 10. The monoisotopic (exact) mass is 351 g/mol. The molecule has 118 valence electrons. The fourth-order valence-electron chi connectivity index (χ4n) is 2.58. The quantitative estimate of drug-likeness (QED) is 0.379. The maximum absolute atomic E-state index is 11.3.